The van der Waals surface area contributed by atoms with Crippen LogP contribution >= 0.6 is 22.9 Å². The highest BCUT2D eigenvalue weighted by Gasteiger charge is 2.18. The van der Waals surface area contributed by atoms with E-state index in [-0.39, 0.29) is 5.78 Å². The number of methoxy groups -OCH3 is 2. The van der Waals surface area contributed by atoms with Crippen LogP contribution in [-0.2, 0) is 6.42 Å². The number of benzene rings is 1. The predicted molar refractivity (Wildman–Crippen MR) is 81.7 cm³/mol. The summed E-state index contributed by atoms with van der Waals surface area (Å²) in [5.41, 5.74) is 0.425. The molecule has 20 heavy (non-hydrogen) atoms. The second kappa shape index (κ2) is 6.29. The van der Waals surface area contributed by atoms with E-state index in [0.717, 1.165) is 6.42 Å². The van der Waals surface area contributed by atoms with E-state index in [9.17, 15) is 4.79 Å². The number of thiophene rings is 1. The normalized spacial score (nSPS) is 10.4. The average Bonchev–Trinajstić information content (AvgIpc) is 2.95. The Morgan fingerprint density at radius 3 is 2.40 bits per heavy atom. The minimum Gasteiger partial charge on any atom is -0.493 e. The molecule has 0 aliphatic carbocycles. The first-order valence-electron chi connectivity index (χ1n) is 6.15. The molecule has 3 nitrogen and oxygen atoms in total. The van der Waals surface area contributed by atoms with E-state index >= 15 is 0 Å². The Morgan fingerprint density at radius 2 is 1.85 bits per heavy atom. The van der Waals surface area contributed by atoms with Gasteiger partial charge in [0.2, 0.25) is 5.78 Å². The molecule has 0 spiro atoms. The standard InChI is InChI=1S/C15H15ClO3S/c1-4-9-5-6-14(20-9)15(17)10-7-12(18-2)13(19-3)8-11(10)16/h5-8H,4H2,1-3H3. The van der Waals surface area contributed by atoms with Crippen LogP contribution < -0.4 is 9.47 Å². The van der Waals surface area contributed by atoms with Gasteiger partial charge in [0, 0.05) is 16.5 Å². The molecule has 5 heteroatoms. The first kappa shape index (κ1) is 14.9. The molecular formula is C15H15ClO3S. The summed E-state index contributed by atoms with van der Waals surface area (Å²) >= 11 is 7.66. The fourth-order valence-corrected chi connectivity index (χ4v) is 2.99. The monoisotopic (exact) mass is 310 g/mol. The molecule has 0 saturated carbocycles. The first-order chi connectivity index (χ1) is 9.60. The summed E-state index contributed by atoms with van der Waals surface area (Å²) in [5.74, 6) is 0.905. The van der Waals surface area contributed by atoms with Crippen LogP contribution in [0, 0.1) is 0 Å². The highest BCUT2D eigenvalue weighted by atomic mass is 35.5. The maximum absolute atomic E-state index is 12.5. The van der Waals surface area contributed by atoms with Crippen molar-refractivity contribution in [2.45, 2.75) is 13.3 Å². The smallest absolute Gasteiger partial charge is 0.204 e. The SMILES string of the molecule is CCc1ccc(C(=O)c2cc(OC)c(OC)cc2Cl)s1. The minimum absolute atomic E-state index is 0.0966. The molecule has 0 N–H and O–H groups in total. The van der Waals surface area contributed by atoms with Crippen molar-refractivity contribution in [1.82, 2.24) is 0 Å². The number of hydrogen-bond acceptors (Lipinski definition) is 4. The Hall–Kier alpha value is -1.52. The van der Waals surface area contributed by atoms with Crippen LogP contribution in [0.2, 0.25) is 5.02 Å². The summed E-state index contributed by atoms with van der Waals surface area (Å²) < 4.78 is 10.4. The quantitative estimate of drug-likeness (QED) is 0.776. The molecular weight excluding hydrogens is 296 g/mol. The fraction of sp³-hybridized carbons (Fsp3) is 0.267. The Labute approximate surface area is 127 Å². The van der Waals surface area contributed by atoms with Gasteiger partial charge in [-0.15, -0.1) is 11.3 Å². The van der Waals surface area contributed by atoms with Crippen molar-refractivity contribution in [3.05, 3.63) is 44.6 Å². The van der Waals surface area contributed by atoms with E-state index in [4.69, 9.17) is 21.1 Å². The van der Waals surface area contributed by atoms with Gasteiger partial charge in [-0.2, -0.15) is 0 Å². The van der Waals surface area contributed by atoms with Gasteiger partial charge in [-0.05, 0) is 24.6 Å². The number of hydrogen-bond donors (Lipinski definition) is 0. The van der Waals surface area contributed by atoms with E-state index in [1.165, 1.54) is 30.4 Å². The summed E-state index contributed by atoms with van der Waals surface area (Å²) in [7, 11) is 3.06. The summed E-state index contributed by atoms with van der Waals surface area (Å²) in [4.78, 5) is 14.3. The Kier molecular flexibility index (Phi) is 4.68. The van der Waals surface area contributed by atoms with E-state index in [1.807, 2.05) is 12.1 Å². The number of ketones is 1. The van der Waals surface area contributed by atoms with Gasteiger partial charge in [-0.25, -0.2) is 0 Å². The lowest BCUT2D eigenvalue weighted by Crippen LogP contribution is -2.01. The molecule has 1 aromatic carbocycles. The topological polar surface area (TPSA) is 35.5 Å². The van der Waals surface area contributed by atoms with Crippen molar-refractivity contribution < 1.29 is 14.3 Å². The molecule has 106 valence electrons. The third-order valence-corrected chi connectivity index (χ3v) is 4.49. The third kappa shape index (κ3) is 2.81. The minimum atomic E-state index is -0.0966. The van der Waals surface area contributed by atoms with Gasteiger partial charge in [0.25, 0.3) is 0 Å². The molecule has 0 atom stereocenters. The zero-order valence-corrected chi connectivity index (χ0v) is 13.1. The molecule has 0 unspecified atom stereocenters. The van der Waals surface area contributed by atoms with Gasteiger partial charge < -0.3 is 9.47 Å². The molecule has 0 amide bonds. The highest BCUT2D eigenvalue weighted by molar-refractivity contribution is 7.14. The van der Waals surface area contributed by atoms with Crippen molar-refractivity contribution in [1.29, 1.82) is 0 Å². The molecule has 1 heterocycles. The first-order valence-corrected chi connectivity index (χ1v) is 7.35. The van der Waals surface area contributed by atoms with E-state index in [2.05, 4.69) is 6.92 Å². The number of halogens is 1. The molecule has 2 aromatic rings. The summed E-state index contributed by atoms with van der Waals surface area (Å²) in [5, 5.41) is 0.360. The molecule has 0 saturated heterocycles. The highest BCUT2D eigenvalue weighted by Crippen LogP contribution is 2.34. The molecule has 1 aromatic heterocycles. The number of ether oxygens (including phenoxy) is 2. The van der Waals surface area contributed by atoms with Gasteiger partial charge in [0.05, 0.1) is 24.1 Å². The summed E-state index contributed by atoms with van der Waals surface area (Å²) in [6.45, 7) is 2.06. The number of rotatable bonds is 5. The van der Waals surface area contributed by atoms with Crippen molar-refractivity contribution in [3.8, 4) is 11.5 Å². The molecule has 0 bridgehead atoms. The van der Waals surface area contributed by atoms with Crippen LogP contribution in [0.4, 0.5) is 0 Å². The van der Waals surface area contributed by atoms with Crippen LogP contribution in [-0.4, -0.2) is 20.0 Å². The lowest BCUT2D eigenvalue weighted by Gasteiger charge is -2.10. The van der Waals surface area contributed by atoms with E-state index in [1.54, 1.807) is 12.1 Å². The third-order valence-electron chi connectivity index (χ3n) is 2.95. The van der Waals surface area contributed by atoms with Crippen LogP contribution in [0.5, 0.6) is 11.5 Å². The maximum atomic E-state index is 12.5. The van der Waals surface area contributed by atoms with Crippen molar-refractivity contribution in [2.24, 2.45) is 0 Å². The second-order valence-electron chi connectivity index (χ2n) is 4.14. The van der Waals surface area contributed by atoms with Gasteiger partial charge in [-0.3, -0.25) is 4.79 Å². The van der Waals surface area contributed by atoms with Gasteiger partial charge in [0.15, 0.2) is 11.5 Å². The predicted octanol–water partition coefficient (Wildman–Crippen LogP) is 4.21. The Bertz CT molecular complexity index is 634. The van der Waals surface area contributed by atoms with Crippen LogP contribution in [0.1, 0.15) is 27.0 Å². The van der Waals surface area contributed by atoms with E-state index in [0.29, 0.717) is 27.0 Å². The Balaban J connectivity index is 2.43. The summed E-state index contributed by atoms with van der Waals surface area (Å²) in [6, 6.07) is 7.02. The summed E-state index contributed by atoms with van der Waals surface area (Å²) in [6.07, 6.45) is 0.914. The lowest BCUT2D eigenvalue weighted by molar-refractivity contribution is 0.104. The number of aryl methyl sites for hydroxylation is 1. The number of carbonyl (C=O) groups excluding carboxylic acids is 1. The molecule has 0 aliphatic rings. The van der Waals surface area contributed by atoms with Crippen molar-refractivity contribution >= 4 is 28.7 Å². The average molecular weight is 311 g/mol. The molecule has 0 radical (unpaired) electrons. The van der Waals surface area contributed by atoms with Crippen LogP contribution in [0.25, 0.3) is 0 Å². The second-order valence-corrected chi connectivity index (χ2v) is 5.71. The fourth-order valence-electron chi connectivity index (χ4n) is 1.85. The van der Waals surface area contributed by atoms with Crippen LogP contribution in [0.3, 0.4) is 0 Å². The van der Waals surface area contributed by atoms with Crippen molar-refractivity contribution in [3.63, 3.8) is 0 Å². The van der Waals surface area contributed by atoms with E-state index < -0.39 is 0 Å². The zero-order chi connectivity index (χ0) is 14.7. The lowest BCUT2D eigenvalue weighted by atomic mass is 10.1. The largest absolute Gasteiger partial charge is 0.493 e. The zero-order valence-electron chi connectivity index (χ0n) is 11.5. The van der Waals surface area contributed by atoms with Crippen LogP contribution in [0.15, 0.2) is 24.3 Å². The molecule has 0 fully saturated rings. The Morgan fingerprint density at radius 1 is 1.20 bits per heavy atom. The number of carbonyl (C=O) groups is 1. The van der Waals surface area contributed by atoms with Gasteiger partial charge in [0.1, 0.15) is 0 Å². The van der Waals surface area contributed by atoms with Gasteiger partial charge in [-0.1, -0.05) is 18.5 Å². The van der Waals surface area contributed by atoms with Crippen molar-refractivity contribution in [2.75, 3.05) is 14.2 Å². The van der Waals surface area contributed by atoms with Gasteiger partial charge >= 0.3 is 0 Å². The molecule has 2 rings (SSSR count). The molecule has 0 aliphatic heterocycles. The maximum Gasteiger partial charge on any atom is 0.204 e.